The highest BCUT2D eigenvalue weighted by Gasteiger charge is 2.16. The average Bonchev–Trinajstić information content (AvgIpc) is 2.34. The maximum Gasteiger partial charge on any atom is 0.162 e. The summed E-state index contributed by atoms with van der Waals surface area (Å²) in [6, 6.07) is 8.87. The van der Waals surface area contributed by atoms with Gasteiger partial charge in [-0.3, -0.25) is 0 Å². The molecule has 0 bridgehead atoms. The van der Waals surface area contributed by atoms with Crippen LogP contribution in [0.5, 0.6) is 0 Å². The molecule has 0 aliphatic rings. The summed E-state index contributed by atoms with van der Waals surface area (Å²) in [5.74, 6) is -2.11. The van der Waals surface area contributed by atoms with Crippen molar-refractivity contribution in [1.82, 2.24) is 0 Å². The van der Waals surface area contributed by atoms with E-state index >= 15 is 0 Å². The molecule has 0 amide bonds. The molecular formula is C15H12BrF3. The standard InChI is InChI=1S/C15H12BrF3/c1-9-5-6-11(14(18)7-9)12(16)8-10-3-2-4-13(17)15(10)19/h2-7,12H,8H2,1H3. The minimum atomic E-state index is -0.887. The molecule has 1 atom stereocenters. The number of halogens is 4. The van der Waals surface area contributed by atoms with Gasteiger partial charge in [0.2, 0.25) is 0 Å². The molecule has 4 heteroatoms. The first-order chi connectivity index (χ1) is 8.99. The van der Waals surface area contributed by atoms with Crippen LogP contribution in [0.1, 0.15) is 21.5 Å². The number of hydrogen-bond acceptors (Lipinski definition) is 0. The summed E-state index contributed by atoms with van der Waals surface area (Å²) in [5.41, 5.74) is 1.48. The molecule has 0 spiro atoms. The van der Waals surface area contributed by atoms with Gasteiger partial charge in [-0.2, -0.15) is 0 Å². The Morgan fingerprint density at radius 1 is 1.05 bits per heavy atom. The van der Waals surface area contributed by atoms with E-state index in [-0.39, 0.29) is 17.8 Å². The molecule has 0 radical (unpaired) electrons. The lowest BCUT2D eigenvalue weighted by Crippen LogP contribution is -2.02. The van der Waals surface area contributed by atoms with Crippen LogP contribution in [0.15, 0.2) is 36.4 Å². The monoisotopic (exact) mass is 328 g/mol. The lowest BCUT2D eigenvalue weighted by Gasteiger charge is -2.12. The third kappa shape index (κ3) is 3.18. The summed E-state index contributed by atoms with van der Waals surface area (Å²) in [6.07, 6.45) is 0.184. The summed E-state index contributed by atoms with van der Waals surface area (Å²) in [6.45, 7) is 1.79. The van der Waals surface area contributed by atoms with Gasteiger partial charge in [-0.25, -0.2) is 13.2 Å². The van der Waals surface area contributed by atoms with Crippen molar-refractivity contribution in [2.45, 2.75) is 18.2 Å². The molecule has 0 heterocycles. The van der Waals surface area contributed by atoms with Crippen LogP contribution in [0.25, 0.3) is 0 Å². The summed E-state index contributed by atoms with van der Waals surface area (Å²) >= 11 is 3.33. The molecular weight excluding hydrogens is 317 g/mol. The summed E-state index contributed by atoms with van der Waals surface area (Å²) < 4.78 is 40.4. The van der Waals surface area contributed by atoms with Gasteiger partial charge in [0.1, 0.15) is 5.82 Å². The van der Waals surface area contributed by atoms with Gasteiger partial charge in [-0.1, -0.05) is 40.2 Å². The van der Waals surface area contributed by atoms with Crippen LogP contribution < -0.4 is 0 Å². The number of aryl methyl sites for hydroxylation is 1. The largest absolute Gasteiger partial charge is 0.207 e. The Hall–Kier alpha value is -1.29. The predicted molar refractivity (Wildman–Crippen MR) is 72.9 cm³/mol. The first-order valence-corrected chi connectivity index (χ1v) is 6.73. The van der Waals surface area contributed by atoms with Gasteiger partial charge in [0.15, 0.2) is 11.6 Å². The van der Waals surface area contributed by atoms with Gasteiger partial charge in [-0.15, -0.1) is 0 Å². The smallest absolute Gasteiger partial charge is 0.162 e. The van der Waals surface area contributed by atoms with Crippen molar-refractivity contribution < 1.29 is 13.2 Å². The Morgan fingerprint density at radius 2 is 1.79 bits per heavy atom. The van der Waals surface area contributed by atoms with Gasteiger partial charge in [0, 0.05) is 10.4 Å². The summed E-state index contributed by atoms with van der Waals surface area (Å²) in [4.78, 5) is -0.399. The van der Waals surface area contributed by atoms with Crippen molar-refractivity contribution in [3.63, 3.8) is 0 Å². The molecule has 0 fully saturated rings. The van der Waals surface area contributed by atoms with E-state index in [0.717, 1.165) is 11.6 Å². The zero-order chi connectivity index (χ0) is 14.0. The Bertz CT molecular complexity index is 596. The first kappa shape index (κ1) is 14.1. The van der Waals surface area contributed by atoms with Gasteiger partial charge in [0.25, 0.3) is 0 Å². The van der Waals surface area contributed by atoms with E-state index in [1.807, 2.05) is 0 Å². The van der Waals surface area contributed by atoms with Gasteiger partial charge in [0.05, 0.1) is 0 Å². The fourth-order valence-corrected chi connectivity index (χ4v) is 2.62. The fraction of sp³-hybridized carbons (Fsp3) is 0.200. The molecule has 2 aromatic rings. The van der Waals surface area contributed by atoms with Gasteiger partial charge < -0.3 is 0 Å². The van der Waals surface area contributed by atoms with Gasteiger partial charge in [-0.05, 0) is 36.6 Å². The molecule has 19 heavy (non-hydrogen) atoms. The van der Waals surface area contributed by atoms with E-state index in [0.29, 0.717) is 5.56 Å². The van der Waals surface area contributed by atoms with E-state index in [9.17, 15) is 13.2 Å². The molecule has 0 aromatic heterocycles. The van der Waals surface area contributed by atoms with Crippen LogP contribution in [0.2, 0.25) is 0 Å². The van der Waals surface area contributed by atoms with E-state index < -0.39 is 16.5 Å². The zero-order valence-electron chi connectivity index (χ0n) is 10.3. The summed E-state index contributed by atoms with van der Waals surface area (Å²) in [7, 11) is 0. The van der Waals surface area contributed by atoms with Crippen molar-refractivity contribution in [3.8, 4) is 0 Å². The zero-order valence-corrected chi connectivity index (χ0v) is 11.8. The Kier molecular flexibility index (Phi) is 4.30. The minimum absolute atomic E-state index is 0.184. The van der Waals surface area contributed by atoms with Crippen LogP contribution in [0.4, 0.5) is 13.2 Å². The fourth-order valence-electron chi connectivity index (χ4n) is 1.90. The molecule has 0 nitrogen and oxygen atoms in total. The highest BCUT2D eigenvalue weighted by molar-refractivity contribution is 9.09. The number of hydrogen-bond donors (Lipinski definition) is 0. The van der Waals surface area contributed by atoms with Crippen molar-refractivity contribution >= 4 is 15.9 Å². The second-order valence-electron chi connectivity index (χ2n) is 4.41. The van der Waals surface area contributed by atoms with E-state index in [1.165, 1.54) is 18.2 Å². The van der Waals surface area contributed by atoms with E-state index in [1.54, 1.807) is 19.1 Å². The molecule has 0 aliphatic carbocycles. The SMILES string of the molecule is Cc1ccc(C(Br)Cc2cccc(F)c2F)c(F)c1. The molecule has 2 rings (SSSR count). The molecule has 0 saturated carbocycles. The third-order valence-electron chi connectivity index (χ3n) is 2.92. The topological polar surface area (TPSA) is 0 Å². The number of alkyl halides is 1. The number of rotatable bonds is 3. The van der Waals surface area contributed by atoms with Crippen molar-refractivity contribution in [2.24, 2.45) is 0 Å². The predicted octanol–water partition coefficient (Wildman–Crippen LogP) is 5.09. The summed E-state index contributed by atoms with van der Waals surface area (Å²) in [5, 5.41) is 0. The van der Waals surface area contributed by atoms with Gasteiger partial charge >= 0.3 is 0 Å². The third-order valence-corrected chi connectivity index (χ3v) is 3.74. The maximum absolute atomic E-state index is 13.8. The second kappa shape index (κ2) is 5.78. The van der Waals surface area contributed by atoms with Crippen LogP contribution in [-0.2, 0) is 6.42 Å². The molecule has 1 unspecified atom stereocenters. The normalized spacial score (nSPS) is 12.5. The molecule has 2 aromatic carbocycles. The number of benzene rings is 2. The lowest BCUT2D eigenvalue weighted by atomic mass is 10.0. The second-order valence-corrected chi connectivity index (χ2v) is 5.51. The Labute approximate surface area is 118 Å². The quantitative estimate of drug-likeness (QED) is 0.688. The Balaban J connectivity index is 2.25. The van der Waals surface area contributed by atoms with Crippen molar-refractivity contribution in [1.29, 1.82) is 0 Å². The highest BCUT2D eigenvalue weighted by atomic mass is 79.9. The Morgan fingerprint density at radius 3 is 2.47 bits per heavy atom. The highest BCUT2D eigenvalue weighted by Crippen LogP contribution is 2.30. The van der Waals surface area contributed by atoms with Crippen LogP contribution >= 0.6 is 15.9 Å². The van der Waals surface area contributed by atoms with E-state index in [4.69, 9.17) is 0 Å². The van der Waals surface area contributed by atoms with Crippen molar-refractivity contribution in [2.75, 3.05) is 0 Å². The van der Waals surface area contributed by atoms with Crippen LogP contribution in [0.3, 0.4) is 0 Å². The lowest BCUT2D eigenvalue weighted by molar-refractivity contribution is 0.498. The maximum atomic E-state index is 13.8. The van der Waals surface area contributed by atoms with Crippen LogP contribution in [0, 0.1) is 24.4 Å². The minimum Gasteiger partial charge on any atom is -0.207 e. The molecule has 0 aliphatic heterocycles. The first-order valence-electron chi connectivity index (χ1n) is 5.82. The van der Waals surface area contributed by atoms with E-state index in [2.05, 4.69) is 15.9 Å². The van der Waals surface area contributed by atoms with Crippen molar-refractivity contribution in [3.05, 3.63) is 70.5 Å². The molecule has 100 valence electrons. The molecule has 0 N–H and O–H groups in total. The average molecular weight is 329 g/mol. The van der Waals surface area contributed by atoms with Crippen LogP contribution in [-0.4, -0.2) is 0 Å². The molecule has 0 saturated heterocycles.